The quantitative estimate of drug-likeness (QED) is 0.746. The molecule has 0 saturated heterocycles. The summed E-state index contributed by atoms with van der Waals surface area (Å²) in [6.07, 6.45) is 0.789. The summed E-state index contributed by atoms with van der Waals surface area (Å²) in [6.45, 7) is 5.94. The van der Waals surface area contributed by atoms with Crippen LogP contribution >= 0.6 is 0 Å². The molecule has 1 aromatic rings. The van der Waals surface area contributed by atoms with Crippen molar-refractivity contribution in [2.45, 2.75) is 26.8 Å². The number of ether oxygens (including phenoxy) is 1. The largest absolute Gasteiger partial charge is 0.382 e. The van der Waals surface area contributed by atoms with Crippen LogP contribution in [0, 0.1) is 12.7 Å². The number of rotatable bonds is 7. The molecule has 0 aromatic heterocycles. The highest BCUT2D eigenvalue weighted by Crippen LogP contribution is 2.08. The lowest BCUT2D eigenvalue weighted by molar-refractivity contribution is 0.145. The molecule has 0 radical (unpaired) electrons. The van der Waals surface area contributed by atoms with Gasteiger partial charge in [0.25, 0.3) is 0 Å². The number of nitrogens with one attached hydrogen (secondary N) is 2. The molecule has 19 heavy (non-hydrogen) atoms. The van der Waals surface area contributed by atoms with Gasteiger partial charge in [-0.15, -0.1) is 0 Å². The first-order valence-electron chi connectivity index (χ1n) is 6.48. The van der Waals surface area contributed by atoms with Gasteiger partial charge in [0, 0.05) is 26.3 Å². The van der Waals surface area contributed by atoms with Crippen molar-refractivity contribution in [2.75, 3.05) is 19.8 Å². The van der Waals surface area contributed by atoms with Crippen LogP contribution in [0.4, 0.5) is 9.18 Å². The average Bonchev–Trinajstić information content (AvgIpc) is 2.40. The Hall–Kier alpha value is -1.62. The highest BCUT2D eigenvalue weighted by molar-refractivity contribution is 5.73. The summed E-state index contributed by atoms with van der Waals surface area (Å²) >= 11 is 0. The summed E-state index contributed by atoms with van der Waals surface area (Å²) in [6, 6.07) is 4.58. The molecule has 0 heterocycles. The van der Waals surface area contributed by atoms with Gasteiger partial charge >= 0.3 is 6.03 Å². The molecule has 1 rings (SSSR count). The Morgan fingerprint density at radius 1 is 1.37 bits per heavy atom. The summed E-state index contributed by atoms with van der Waals surface area (Å²) in [7, 11) is 0. The predicted octanol–water partition coefficient (Wildman–Crippen LogP) is 2.36. The predicted molar refractivity (Wildman–Crippen MR) is 72.5 cm³/mol. The van der Waals surface area contributed by atoms with Crippen LogP contribution < -0.4 is 10.6 Å². The molecule has 0 saturated carbocycles. The standard InChI is InChI=1S/C14H21FN2O2/c1-3-19-8-4-7-16-14(18)17-10-12-5-6-13(15)11(2)9-12/h5-6,9H,3-4,7-8,10H2,1-2H3,(H2,16,17,18). The molecule has 0 fully saturated rings. The van der Waals surface area contributed by atoms with Gasteiger partial charge in [0.2, 0.25) is 0 Å². The molecule has 0 aliphatic rings. The van der Waals surface area contributed by atoms with E-state index in [1.165, 1.54) is 6.07 Å². The van der Waals surface area contributed by atoms with Gasteiger partial charge in [-0.3, -0.25) is 0 Å². The topological polar surface area (TPSA) is 50.4 Å². The SMILES string of the molecule is CCOCCCNC(=O)NCc1ccc(F)c(C)c1. The van der Waals surface area contributed by atoms with E-state index in [1.54, 1.807) is 19.1 Å². The molecular formula is C14H21FN2O2. The van der Waals surface area contributed by atoms with E-state index in [1.807, 2.05) is 6.92 Å². The van der Waals surface area contributed by atoms with Crippen molar-refractivity contribution < 1.29 is 13.9 Å². The summed E-state index contributed by atoms with van der Waals surface area (Å²) < 4.78 is 18.2. The van der Waals surface area contributed by atoms with Gasteiger partial charge in [-0.05, 0) is 37.5 Å². The van der Waals surface area contributed by atoms with Crippen molar-refractivity contribution in [3.63, 3.8) is 0 Å². The van der Waals surface area contributed by atoms with Crippen LogP contribution in [0.1, 0.15) is 24.5 Å². The Labute approximate surface area is 113 Å². The Morgan fingerprint density at radius 2 is 2.16 bits per heavy atom. The summed E-state index contributed by atoms with van der Waals surface area (Å²) in [5.41, 5.74) is 1.46. The normalized spacial score (nSPS) is 10.3. The number of urea groups is 1. The van der Waals surface area contributed by atoms with Crippen LogP contribution in [-0.4, -0.2) is 25.8 Å². The lowest BCUT2D eigenvalue weighted by atomic mass is 10.1. The molecule has 0 atom stereocenters. The third kappa shape index (κ3) is 6.20. The minimum absolute atomic E-state index is 0.224. The molecule has 5 heteroatoms. The molecule has 0 bridgehead atoms. The van der Waals surface area contributed by atoms with E-state index in [0.29, 0.717) is 31.9 Å². The molecule has 0 unspecified atom stereocenters. The van der Waals surface area contributed by atoms with Crippen molar-refractivity contribution in [1.82, 2.24) is 10.6 Å². The van der Waals surface area contributed by atoms with Crippen LogP contribution in [0.5, 0.6) is 0 Å². The Kier molecular flexibility index (Phi) is 6.89. The van der Waals surface area contributed by atoms with Crippen LogP contribution in [0.25, 0.3) is 0 Å². The minimum atomic E-state index is -0.232. The number of carbonyl (C=O) groups is 1. The average molecular weight is 268 g/mol. The van der Waals surface area contributed by atoms with Gasteiger partial charge in [-0.2, -0.15) is 0 Å². The van der Waals surface area contributed by atoms with E-state index < -0.39 is 0 Å². The van der Waals surface area contributed by atoms with Crippen LogP contribution in [0.2, 0.25) is 0 Å². The van der Waals surface area contributed by atoms with Gasteiger partial charge in [0.1, 0.15) is 5.82 Å². The van der Waals surface area contributed by atoms with Crippen molar-refractivity contribution in [2.24, 2.45) is 0 Å². The van der Waals surface area contributed by atoms with E-state index in [-0.39, 0.29) is 11.8 Å². The fraction of sp³-hybridized carbons (Fsp3) is 0.500. The third-order valence-electron chi connectivity index (χ3n) is 2.63. The van der Waals surface area contributed by atoms with Crippen molar-refractivity contribution in [3.05, 3.63) is 35.1 Å². The lowest BCUT2D eigenvalue weighted by Crippen LogP contribution is -2.35. The van der Waals surface area contributed by atoms with Gasteiger partial charge in [-0.1, -0.05) is 12.1 Å². The zero-order valence-corrected chi connectivity index (χ0v) is 11.5. The fourth-order valence-corrected chi connectivity index (χ4v) is 1.58. The number of aryl methyl sites for hydroxylation is 1. The first-order chi connectivity index (χ1) is 9.13. The monoisotopic (exact) mass is 268 g/mol. The highest BCUT2D eigenvalue weighted by Gasteiger charge is 2.02. The zero-order chi connectivity index (χ0) is 14.1. The molecule has 106 valence electrons. The van der Waals surface area contributed by atoms with Gasteiger partial charge in [0.15, 0.2) is 0 Å². The van der Waals surface area contributed by atoms with E-state index in [0.717, 1.165) is 12.0 Å². The molecule has 0 spiro atoms. The van der Waals surface area contributed by atoms with Crippen LogP contribution in [0.3, 0.4) is 0 Å². The second-order valence-electron chi connectivity index (χ2n) is 4.24. The Morgan fingerprint density at radius 3 is 2.84 bits per heavy atom. The van der Waals surface area contributed by atoms with Gasteiger partial charge < -0.3 is 15.4 Å². The van der Waals surface area contributed by atoms with Crippen molar-refractivity contribution in [3.8, 4) is 0 Å². The number of amides is 2. The van der Waals surface area contributed by atoms with Crippen LogP contribution in [-0.2, 0) is 11.3 Å². The summed E-state index contributed by atoms with van der Waals surface area (Å²) in [5.74, 6) is -0.232. The van der Waals surface area contributed by atoms with Crippen LogP contribution in [0.15, 0.2) is 18.2 Å². The number of hydrogen-bond acceptors (Lipinski definition) is 2. The molecule has 4 nitrogen and oxygen atoms in total. The Bertz CT molecular complexity index is 410. The van der Waals surface area contributed by atoms with Gasteiger partial charge in [-0.25, -0.2) is 9.18 Å². The number of halogens is 1. The smallest absolute Gasteiger partial charge is 0.315 e. The maximum Gasteiger partial charge on any atom is 0.315 e. The van der Waals surface area contributed by atoms with E-state index >= 15 is 0 Å². The maximum atomic E-state index is 13.1. The lowest BCUT2D eigenvalue weighted by Gasteiger charge is -2.08. The van der Waals surface area contributed by atoms with E-state index in [2.05, 4.69) is 10.6 Å². The highest BCUT2D eigenvalue weighted by atomic mass is 19.1. The maximum absolute atomic E-state index is 13.1. The van der Waals surface area contributed by atoms with E-state index in [4.69, 9.17) is 4.74 Å². The first-order valence-corrected chi connectivity index (χ1v) is 6.48. The van der Waals surface area contributed by atoms with E-state index in [9.17, 15) is 9.18 Å². The van der Waals surface area contributed by atoms with Gasteiger partial charge in [0.05, 0.1) is 0 Å². The van der Waals surface area contributed by atoms with Crippen molar-refractivity contribution in [1.29, 1.82) is 0 Å². The number of benzene rings is 1. The fourth-order valence-electron chi connectivity index (χ4n) is 1.58. The third-order valence-corrected chi connectivity index (χ3v) is 2.63. The first kappa shape index (κ1) is 15.4. The Balaban J connectivity index is 2.20. The van der Waals surface area contributed by atoms with Crippen molar-refractivity contribution >= 4 is 6.03 Å². The second kappa shape index (κ2) is 8.48. The molecule has 2 amide bonds. The number of carbonyl (C=O) groups excluding carboxylic acids is 1. The summed E-state index contributed by atoms with van der Waals surface area (Å²) in [4.78, 5) is 11.5. The molecular weight excluding hydrogens is 247 g/mol. The molecule has 0 aliphatic heterocycles. The summed E-state index contributed by atoms with van der Waals surface area (Å²) in [5, 5.41) is 5.46. The molecule has 1 aromatic carbocycles. The zero-order valence-electron chi connectivity index (χ0n) is 11.5. The number of hydrogen-bond donors (Lipinski definition) is 2. The second-order valence-corrected chi connectivity index (χ2v) is 4.24. The minimum Gasteiger partial charge on any atom is -0.382 e. The molecule has 0 aliphatic carbocycles. The molecule has 2 N–H and O–H groups in total.